The molecule has 1 aromatic carbocycles. The molecular formula is C8H5BrNO2S-. The highest BCUT2D eigenvalue weighted by atomic mass is 79.9. The zero-order valence-corrected chi connectivity index (χ0v) is 8.84. The van der Waals surface area contributed by atoms with Gasteiger partial charge in [0.05, 0.1) is 6.07 Å². The fourth-order valence-corrected chi connectivity index (χ4v) is 1.60. The molecule has 0 amide bonds. The van der Waals surface area contributed by atoms with Gasteiger partial charge in [-0.15, -0.1) is 0 Å². The van der Waals surface area contributed by atoms with Gasteiger partial charge in [-0.1, -0.05) is 28.1 Å². The molecule has 1 rings (SSSR count). The van der Waals surface area contributed by atoms with Crippen molar-refractivity contribution in [2.24, 2.45) is 0 Å². The highest BCUT2D eigenvalue weighted by molar-refractivity contribution is 9.10. The molecule has 1 aromatic rings. The highest BCUT2D eigenvalue weighted by Crippen LogP contribution is 2.20. The number of benzene rings is 1. The predicted octanol–water partition coefficient (Wildman–Crippen LogP) is 1.89. The molecule has 0 spiro atoms. The maximum atomic E-state index is 10.6. The lowest BCUT2D eigenvalue weighted by Gasteiger charge is -2.11. The van der Waals surface area contributed by atoms with Crippen molar-refractivity contribution in [2.45, 2.75) is 5.25 Å². The van der Waals surface area contributed by atoms with Crippen LogP contribution in [0.5, 0.6) is 0 Å². The van der Waals surface area contributed by atoms with Gasteiger partial charge in [0, 0.05) is 4.47 Å². The van der Waals surface area contributed by atoms with E-state index in [4.69, 9.17) is 5.26 Å². The van der Waals surface area contributed by atoms with Gasteiger partial charge in [0.2, 0.25) is 0 Å². The van der Waals surface area contributed by atoms with E-state index in [-0.39, 0.29) is 0 Å². The highest BCUT2D eigenvalue weighted by Gasteiger charge is 2.09. The zero-order chi connectivity index (χ0) is 9.84. The number of hydrogen-bond donors (Lipinski definition) is 0. The van der Waals surface area contributed by atoms with Crippen molar-refractivity contribution in [1.82, 2.24) is 0 Å². The maximum absolute atomic E-state index is 10.6. The van der Waals surface area contributed by atoms with Gasteiger partial charge in [0.25, 0.3) is 0 Å². The van der Waals surface area contributed by atoms with Gasteiger partial charge in [0.1, 0.15) is 5.25 Å². The van der Waals surface area contributed by atoms with Gasteiger partial charge in [-0.05, 0) is 28.8 Å². The predicted molar refractivity (Wildman–Crippen MR) is 51.4 cm³/mol. The Kier molecular flexibility index (Phi) is 3.60. The third-order valence-electron chi connectivity index (χ3n) is 1.48. The van der Waals surface area contributed by atoms with E-state index < -0.39 is 16.3 Å². The summed E-state index contributed by atoms with van der Waals surface area (Å²) < 4.78 is 22.0. The number of nitriles is 1. The first-order valence-electron chi connectivity index (χ1n) is 3.38. The molecule has 0 N–H and O–H groups in total. The Balaban J connectivity index is 3.01. The molecule has 0 fully saturated rings. The largest absolute Gasteiger partial charge is 0.771 e. The first kappa shape index (κ1) is 10.4. The summed E-state index contributed by atoms with van der Waals surface area (Å²) in [5, 5.41) is 7.49. The summed E-state index contributed by atoms with van der Waals surface area (Å²) in [6, 6.07) is 8.32. The van der Waals surface area contributed by atoms with Gasteiger partial charge in [0.15, 0.2) is 0 Å². The van der Waals surface area contributed by atoms with Crippen molar-refractivity contribution in [3.05, 3.63) is 34.3 Å². The standard InChI is InChI=1S/C8H6BrNO2S/c9-7-3-1-6(2-4-7)8(5-10)13(11)12/h1-4,8H,(H,11,12)/p-1. The van der Waals surface area contributed by atoms with Crippen LogP contribution in [0.4, 0.5) is 0 Å². The molecule has 0 aromatic heterocycles. The van der Waals surface area contributed by atoms with Gasteiger partial charge in [-0.25, -0.2) is 0 Å². The SMILES string of the molecule is N#CC(c1ccc(Br)cc1)S(=O)[O-]. The minimum atomic E-state index is -2.39. The lowest BCUT2D eigenvalue weighted by atomic mass is 10.2. The van der Waals surface area contributed by atoms with Crippen molar-refractivity contribution < 1.29 is 8.76 Å². The summed E-state index contributed by atoms with van der Waals surface area (Å²) >= 11 is 0.829. The second-order valence-corrected chi connectivity index (χ2v) is 4.23. The van der Waals surface area contributed by atoms with Crippen LogP contribution in [-0.2, 0) is 11.1 Å². The van der Waals surface area contributed by atoms with Crippen LogP contribution in [0, 0.1) is 11.3 Å². The lowest BCUT2D eigenvalue weighted by molar-refractivity contribution is 0.532. The molecule has 2 unspecified atom stereocenters. The molecule has 0 aliphatic carbocycles. The van der Waals surface area contributed by atoms with Crippen LogP contribution in [0.3, 0.4) is 0 Å². The lowest BCUT2D eigenvalue weighted by Crippen LogP contribution is -2.02. The fraction of sp³-hybridized carbons (Fsp3) is 0.125. The van der Waals surface area contributed by atoms with Crippen LogP contribution in [-0.4, -0.2) is 8.76 Å². The Hall–Kier alpha value is -0.700. The van der Waals surface area contributed by atoms with Gasteiger partial charge >= 0.3 is 0 Å². The molecule has 0 aliphatic rings. The van der Waals surface area contributed by atoms with Crippen molar-refractivity contribution in [3.63, 3.8) is 0 Å². The van der Waals surface area contributed by atoms with Gasteiger partial charge < -0.3 is 4.55 Å². The Morgan fingerprint density at radius 2 is 2.00 bits per heavy atom. The van der Waals surface area contributed by atoms with E-state index >= 15 is 0 Å². The molecular weight excluding hydrogens is 254 g/mol. The summed E-state index contributed by atoms with van der Waals surface area (Å²) in [4.78, 5) is 0. The Labute approximate surface area is 86.8 Å². The molecule has 0 aliphatic heterocycles. The minimum Gasteiger partial charge on any atom is -0.771 e. The van der Waals surface area contributed by atoms with E-state index in [0.29, 0.717) is 5.56 Å². The summed E-state index contributed by atoms with van der Waals surface area (Å²) in [6.07, 6.45) is 0. The van der Waals surface area contributed by atoms with E-state index in [2.05, 4.69) is 15.9 Å². The Bertz CT molecular complexity index is 357. The number of nitrogens with zero attached hydrogens (tertiary/aromatic N) is 1. The van der Waals surface area contributed by atoms with Crippen LogP contribution in [0.25, 0.3) is 0 Å². The van der Waals surface area contributed by atoms with Crippen LogP contribution >= 0.6 is 15.9 Å². The quantitative estimate of drug-likeness (QED) is 0.762. The maximum Gasteiger partial charge on any atom is 0.133 e. The molecule has 0 radical (unpaired) electrons. The summed E-state index contributed by atoms with van der Waals surface area (Å²) in [6.45, 7) is 0. The third-order valence-corrected chi connectivity index (χ3v) is 2.77. The van der Waals surface area contributed by atoms with E-state index in [0.717, 1.165) is 4.47 Å². The third kappa shape index (κ3) is 2.62. The molecule has 3 nitrogen and oxygen atoms in total. The molecule has 0 saturated heterocycles. The average molecular weight is 259 g/mol. The van der Waals surface area contributed by atoms with Crippen LogP contribution in [0.15, 0.2) is 28.7 Å². The van der Waals surface area contributed by atoms with Crippen LogP contribution < -0.4 is 0 Å². The average Bonchev–Trinajstić information content (AvgIpc) is 2.09. The molecule has 2 atom stereocenters. The molecule has 0 heterocycles. The second-order valence-electron chi connectivity index (χ2n) is 2.32. The van der Waals surface area contributed by atoms with Crippen molar-refractivity contribution in [1.29, 1.82) is 5.26 Å². The second kappa shape index (κ2) is 4.51. The molecule has 13 heavy (non-hydrogen) atoms. The summed E-state index contributed by atoms with van der Waals surface area (Å²) in [7, 11) is 0. The normalized spacial score (nSPS) is 14.5. The first-order valence-corrected chi connectivity index (χ1v) is 5.31. The first-order chi connectivity index (χ1) is 6.15. The van der Waals surface area contributed by atoms with Crippen LogP contribution in [0.2, 0.25) is 0 Å². The van der Waals surface area contributed by atoms with Gasteiger partial charge in [-0.2, -0.15) is 5.26 Å². The van der Waals surface area contributed by atoms with Crippen LogP contribution in [0.1, 0.15) is 10.8 Å². The van der Waals surface area contributed by atoms with Crippen molar-refractivity contribution >= 4 is 27.0 Å². The fourth-order valence-electron chi connectivity index (χ4n) is 0.866. The van der Waals surface area contributed by atoms with E-state index in [1.54, 1.807) is 30.3 Å². The smallest absolute Gasteiger partial charge is 0.133 e. The molecule has 5 heteroatoms. The molecule has 0 saturated carbocycles. The number of halogens is 1. The Morgan fingerprint density at radius 3 is 2.38 bits per heavy atom. The van der Waals surface area contributed by atoms with Gasteiger partial charge in [-0.3, -0.25) is 4.21 Å². The topological polar surface area (TPSA) is 63.9 Å². The summed E-state index contributed by atoms with van der Waals surface area (Å²) in [5.41, 5.74) is 0.485. The number of hydrogen-bond acceptors (Lipinski definition) is 3. The molecule has 0 bridgehead atoms. The van der Waals surface area contributed by atoms with E-state index in [1.165, 1.54) is 0 Å². The van der Waals surface area contributed by atoms with E-state index in [9.17, 15) is 8.76 Å². The monoisotopic (exact) mass is 258 g/mol. The summed E-state index contributed by atoms with van der Waals surface area (Å²) in [5.74, 6) is 0. The van der Waals surface area contributed by atoms with E-state index in [1.807, 2.05) is 0 Å². The van der Waals surface area contributed by atoms with Crippen molar-refractivity contribution in [3.8, 4) is 6.07 Å². The zero-order valence-electron chi connectivity index (χ0n) is 6.44. The minimum absolute atomic E-state index is 0.485. The number of rotatable bonds is 2. The Morgan fingerprint density at radius 1 is 1.46 bits per heavy atom. The van der Waals surface area contributed by atoms with Crippen molar-refractivity contribution in [2.75, 3.05) is 0 Å². The molecule has 68 valence electrons.